The van der Waals surface area contributed by atoms with Crippen molar-refractivity contribution in [2.24, 2.45) is 0 Å². The molecular weight excluding hydrogens is 381 g/mol. The highest BCUT2D eigenvalue weighted by Crippen LogP contribution is 2.24. The fraction of sp³-hybridized carbons (Fsp3) is 0.368. The van der Waals surface area contributed by atoms with Gasteiger partial charge in [-0.1, -0.05) is 23.9 Å². The van der Waals surface area contributed by atoms with E-state index in [2.05, 4.69) is 22.0 Å². The van der Waals surface area contributed by atoms with E-state index in [0.29, 0.717) is 10.8 Å². The number of hydrogen-bond acceptors (Lipinski definition) is 5. The van der Waals surface area contributed by atoms with E-state index < -0.39 is 5.82 Å². The lowest BCUT2D eigenvalue weighted by molar-refractivity contribution is -0.131. The van der Waals surface area contributed by atoms with Crippen molar-refractivity contribution in [3.8, 4) is 11.4 Å². The second-order valence-electron chi connectivity index (χ2n) is 6.84. The van der Waals surface area contributed by atoms with E-state index in [-0.39, 0.29) is 34.6 Å². The molecule has 0 bridgehead atoms. The molecule has 1 atom stereocenters. The number of aromatic nitrogens is 4. The Bertz CT molecular complexity index is 1080. The zero-order chi connectivity index (χ0) is 19.7. The Kier molecular flexibility index (Phi) is 5.17. The zero-order valence-electron chi connectivity index (χ0n) is 15.4. The first-order chi connectivity index (χ1) is 13.5. The molecule has 0 aliphatic carbocycles. The molecule has 1 aromatic carbocycles. The zero-order valence-corrected chi connectivity index (χ0v) is 16.2. The van der Waals surface area contributed by atoms with Crippen molar-refractivity contribution in [1.29, 1.82) is 0 Å². The first kappa shape index (κ1) is 18.7. The molecule has 2 aromatic heterocycles. The van der Waals surface area contributed by atoms with Crippen molar-refractivity contribution in [3.63, 3.8) is 0 Å². The number of carbonyl (C=O) groups is 1. The van der Waals surface area contributed by atoms with E-state index in [0.717, 1.165) is 25.8 Å². The highest BCUT2D eigenvalue weighted by Gasteiger charge is 2.24. The van der Waals surface area contributed by atoms with Gasteiger partial charge in [-0.15, -0.1) is 0 Å². The van der Waals surface area contributed by atoms with E-state index in [9.17, 15) is 14.0 Å². The monoisotopic (exact) mass is 401 g/mol. The number of nitrogens with one attached hydrogen (secondary N) is 1. The van der Waals surface area contributed by atoms with E-state index in [1.807, 2.05) is 4.90 Å². The van der Waals surface area contributed by atoms with Gasteiger partial charge < -0.3 is 4.90 Å². The van der Waals surface area contributed by atoms with Gasteiger partial charge in [-0.2, -0.15) is 0 Å². The van der Waals surface area contributed by atoms with E-state index in [1.54, 1.807) is 18.2 Å². The van der Waals surface area contributed by atoms with Crippen molar-refractivity contribution < 1.29 is 9.18 Å². The van der Waals surface area contributed by atoms with Crippen molar-refractivity contribution in [2.75, 3.05) is 12.3 Å². The van der Waals surface area contributed by atoms with Crippen LogP contribution in [0.2, 0.25) is 0 Å². The van der Waals surface area contributed by atoms with Gasteiger partial charge in [0.25, 0.3) is 5.56 Å². The molecule has 1 N–H and O–H groups in total. The predicted octanol–water partition coefficient (Wildman–Crippen LogP) is 2.72. The lowest BCUT2D eigenvalue weighted by Crippen LogP contribution is -2.43. The van der Waals surface area contributed by atoms with Gasteiger partial charge in [-0.05, 0) is 38.3 Å². The summed E-state index contributed by atoms with van der Waals surface area (Å²) in [5, 5.41) is 3.02. The standard InChI is InChI=1S/C19H20FN5O2S/c1-12-6-4-5-9-24(12)17(27)11-28-19-22-18(13-7-2-3-8-14(13)20)21-15-10-16(26)23-25(15)19/h2-3,7-8,10,12H,4-6,9,11H2,1H3,(H,23,26). The van der Waals surface area contributed by atoms with Crippen LogP contribution in [-0.4, -0.2) is 48.7 Å². The fourth-order valence-corrected chi connectivity index (χ4v) is 4.26. The normalized spacial score (nSPS) is 17.2. The smallest absolute Gasteiger partial charge is 0.266 e. The molecule has 1 unspecified atom stereocenters. The maximum atomic E-state index is 14.2. The Balaban J connectivity index is 1.65. The SMILES string of the molecule is CC1CCCCN1C(=O)CSc1nc(-c2ccccc2F)nc2cc(=O)[nH]n12. The molecule has 4 rings (SSSR count). The number of H-pyrrole nitrogens is 1. The average molecular weight is 401 g/mol. The minimum absolute atomic E-state index is 0.0332. The van der Waals surface area contributed by atoms with Crippen LogP contribution in [0.4, 0.5) is 4.39 Å². The van der Waals surface area contributed by atoms with Gasteiger partial charge in [-0.25, -0.2) is 18.9 Å². The number of hydrogen-bond donors (Lipinski definition) is 1. The Morgan fingerprint density at radius 1 is 1.32 bits per heavy atom. The van der Waals surface area contributed by atoms with E-state index >= 15 is 0 Å². The third-order valence-electron chi connectivity index (χ3n) is 4.89. The lowest BCUT2D eigenvalue weighted by atomic mass is 10.0. The van der Waals surface area contributed by atoms with Crippen molar-refractivity contribution in [1.82, 2.24) is 24.5 Å². The number of carbonyl (C=O) groups excluding carboxylic acids is 1. The molecule has 3 aromatic rings. The quantitative estimate of drug-likeness (QED) is 0.680. The molecule has 1 amide bonds. The number of benzene rings is 1. The first-order valence-corrected chi connectivity index (χ1v) is 10.2. The fourth-order valence-electron chi connectivity index (χ4n) is 3.42. The summed E-state index contributed by atoms with van der Waals surface area (Å²) in [7, 11) is 0. The number of aromatic amines is 1. The molecule has 0 spiro atoms. The number of amides is 1. The highest BCUT2D eigenvalue weighted by atomic mass is 32.2. The van der Waals surface area contributed by atoms with Gasteiger partial charge in [0.15, 0.2) is 16.6 Å². The van der Waals surface area contributed by atoms with Gasteiger partial charge in [0.2, 0.25) is 5.91 Å². The summed E-state index contributed by atoms with van der Waals surface area (Å²) in [5.74, 6) is -0.0453. The topological polar surface area (TPSA) is 83.4 Å². The Hall–Kier alpha value is -2.68. The molecule has 1 aliphatic heterocycles. The van der Waals surface area contributed by atoms with Crippen LogP contribution < -0.4 is 5.56 Å². The summed E-state index contributed by atoms with van der Waals surface area (Å²) < 4.78 is 15.6. The van der Waals surface area contributed by atoms with Crippen LogP contribution in [0.5, 0.6) is 0 Å². The molecule has 0 radical (unpaired) electrons. The summed E-state index contributed by atoms with van der Waals surface area (Å²) in [4.78, 5) is 35.0. The molecular formula is C19H20FN5O2S. The number of rotatable bonds is 4. The molecule has 7 nitrogen and oxygen atoms in total. The number of thioether (sulfide) groups is 1. The summed E-state index contributed by atoms with van der Waals surface area (Å²) in [6.07, 6.45) is 3.17. The average Bonchev–Trinajstić information content (AvgIpc) is 3.06. The Morgan fingerprint density at radius 2 is 2.14 bits per heavy atom. The van der Waals surface area contributed by atoms with Crippen LogP contribution in [0.1, 0.15) is 26.2 Å². The molecule has 1 aliphatic rings. The second kappa shape index (κ2) is 7.75. The maximum Gasteiger partial charge on any atom is 0.266 e. The van der Waals surface area contributed by atoms with Gasteiger partial charge in [0, 0.05) is 18.7 Å². The van der Waals surface area contributed by atoms with Crippen LogP contribution in [-0.2, 0) is 4.79 Å². The summed E-state index contributed by atoms with van der Waals surface area (Å²) in [5.41, 5.74) is 0.244. The summed E-state index contributed by atoms with van der Waals surface area (Å²) >= 11 is 1.21. The summed E-state index contributed by atoms with van der Waals surface area (Å²) in [6.45, 7) is 2.82. The highest BCUT2D eigenvalue weighted by molar-refractivity contribution is 7.99. The largest absolute Gasteiger partial charge is 0.339 e. The first-order valence-electron chi connectivity index (χ1n) is 9.20. The van der Waals surface area contributed by atoms with Gasteiger partial charge in [0.1, 0.15) is 5.82 Å². The van der Waals surface area contributed by atoms with Gasteiger partial charge in [0.05, 0.1) is 11.3 Å². The Labute approximate surface area is 165 Å². The van der Waals surface area contributed by atoms with Crippen LogP contribution in [0.15, 0.2) is 40.3 Å². The van der Waals surface area contributed by atoms with Crippen molar-refractivity contribution >= 4 is 23.3 Å². The molecule has 3 heterocycles. The second-order valence-corrected chi connectivity index (χ2v) is 7.79. The van der Waals surface area contributed by atoms with E-state index in [4.69, 9.17) is 0 Å². The number of likely N-dealkylation sites (tertiary alicyclic amines) is 1. The third-order valence-corrected chi connectivity index (χ3v) is 5.81. The minimum atomic E-state index is -0.445. The minimum Gasteiger partial charge on any atom is -0.339 e. The van der Waals surface area contributed by atoms with Crippen LogP contribution in [0, 0.1) is 5.82 Å². The molecule has 28 heavy (non-hydrogen) atoms. The molecule has 146 valence electrons. The number of nitrogens with zero attached hydrogens (tertiary/aromatic N) is 4. The maximum absolute atomic E-state index is 14.2. The predicted molar refractivity (Wildman–Crippen MR) is 105 cm³/mol. The third kappa shape index (κ3) is 3.66. The van der Waals surface area contributed by atoms with Crippen LogP contribution in [0.25, 0.3) is 17.0 Å². The molecule has 1 fully saturated rings. The van der Waals surface area contributed by atoms with Crippen molar-refractivity contribution in [3.05, 3.63) is 46.5 Å². The van der Waals surface area contributed by atoms with Gasteiger partial charge >= 0.3 is 0 Å². The number of piperidine rings is 1. The van der Waals surface area contributed by atoms with Crippen LogP contribution >= 0.6 is 11.8 Å². The van der Waals surface area contributed by atoms with E-state index in [1.165, 1.54) is 28.4 Å². The van der Waals surface area contributed by atoms with Crippen LogP contribution in [0.3, 0.4) is 0 Å². The van der Waals surface area contributed by atoms with Crippen molar-refractivity contribution in [2.45, 2.75) is 37.4 Å². The number of halogens is 1. The summed E-state index contributed by atoms with van der Waals surface area (Å²) in [6, 6.07) is 7.76. The number of fused-ring (bicyclic) bond motifs is 1. The van der Waals surface area contributed by atoms with Gasteiger partial charge in [-0.3, -0.25) is 14.7 Å². The lowest BCUT2D eigenvalue weighted by Gasteiger charge is -2.33. The Morgan fingerprint density at radius 3 is 2.93 bits per heavy atom. The molecule has 1 saturated heterocycles. The molecule has 0 saturated carbocycles. The molecule has 9 heteroatoms.